The summed E-state index contributed by atoms with van der Waals surface area (Å²) in [6.07, 6.45) is 3.98. The molecule has 0 saturated heterocycles. The van der Waals surface area contributed by atoms with Gasteiger partial charge >= 0.3 is 12.1 Å². The molecule has 3 atom stereocenters. The Balaban J connectivity index is 1.76. The van der Waals surface area contributed by atoms with Crippen LogP contribution in [-0.2, 0) is 19.8 Å². The molecule has 2 aromatic heterocycles. The molecule has 1 aliphatic heterocycles. The Labute approximate surface area is 265 Å². The zero-order chi connectivity index (χ0) is 32.7. The third-order valence-corrected chi connectivity index (χ3v) is 10.6. The number of pyridine rings is 1. The molecule has 0 radical (unpaired) electrons. The van der Waals surface area contributed by atoms with E-state index in [0.717, 1.165) is 41.2 Å². The molecular formula is C29H36ClF2N5O5SSi. The first kappa shape index (κ1) is 33.9. The highest BCUT2D eigenvalue weighted by molar-refractivity contribution is 8.15. The quantitative estimate of drug-likeness (QED) is 0.132. The van der Waals surface area contributed by atoms with E-state index in [1.807, 2.05) is 0 Å². The number of carboxylic acid groups (broad SMARTS) is 1. The molecular weight excluding hydrogens is 632 g/mol. The Morgan fingerprint density at radius 2 is 1.93 bits per heavy atom. The second kappa shape index (κ2) is 12.5. The monoisotopic (exact) mass is 667 g/mol. The molecule has 1 fully saturated rings. The van der Waals surface area contributed by atoms with Crippen LogP contribution in [0, 0.1) is 11.9 Å². The van der Waals surface area contributed by atoms with Gasteiger partial charge in [-0.1, -0.05) is 43.0 Å². The standard InChI is InChI=1S/C29H36ClF2N5O5SSi/c1-27(2,3)42-26(40)37(16-41-8-9-44(5,6)7)25-36-28(4,21-12-29(21,43-25)24(38)39)18-10-17(13-35-23(18)32)11-19(31)20-14-34-22(30)15-33-20/h10-11,13-15,21H,8-9,12,16H2,1-7H3,(H,38,39). The number of thioether (sulfide) groups is 1. The molecule has 1 saturated carbocycles. The summed E-state index contributed by atoms with van der Waals surface area (Å²) in [4.78, 5) is 43.6. The first-order valence-electron chi connectivity index (χ1n) is 14.0. The van der Waals surface area contributed by atoms with Crippen LogP contribution >= 0.6 is 23.4 Å². The number of fused-ring (bicyclic) bond motifs is 1. The third-order valence-electron chi connectivity index (χ3n) is 7.18. The van der Waals surface area contributed by atoms with Crippen LogP contribution in [-0.4, -0.2) is 73.9 Å². The third kappa shape index (κ3) is 7.64. The Hall–Kier alpha value is -2.94. The summed E-state index contributed by atoms with van der Waals surface area (Å²) in [7, 11) is -1.45. The molecule has 44 heavy (non-hydrogen) atoms. The number of aromatic nitrogens is 3. The van der Waals surface area contributed by atoms with Gasteiger partial charge in [0.15, 0.2) is 11.0 Å². The molecule has 1 N–H and O–H groups in total. The van der Waals surface area contributed by atoms with E-state index in [2.05, 4.69) is 34.6 Å². The molecule has 0 spiro atoms. The maximum atomic E-state index is 15.5. The van der Waals surface area contributed by atoms with Crippen LogP contribution in [0.15, 0.2) is 29.6 Å². The minimum Gasteiger partial charge on any atom is -0.480 e. The van der Waals surface area contributed by atoms with Gasteiger partial charge in [0.05, 0.1) is 17.9 Å². The van der Waals surface area contributed by atoms with Gasteiger partial charge in [0.25, 0.3) is 0 Å². The average molecular weight is 668 g/mol. The predicted molar refractivity (Wildman–Crippen MR) is 168 cm³/mol. The topological polar surface area (TPSA) is 127 Å². The van der Waals surface area contributed by atoms with Crippen LogP contribution < -0.4 is 0 Å². The lowest BCUT2D eigenvalue weighted by atomic mass is 9.86. The highest BCUT2D eigenvalue weighted by atomic mass is 35.5. The number of amidine groups is 1. The van der Waals surface area contributed by atoms with Gasteiger partial charge < -0.3 is 14.6 Å². The normalized spacial score (nSPS) is 23.5. The summed E-state index contributed by atoms with van der Waals surface area (Å²) in [5.41, 5.74) is -2.29. The molecule has 2 aromatic rings. The highest BCUT2D eigenvalue weighted by Gasteiger charge is 2.72. The van der Waals surface area contributed by atoms with Gasteiger partial charge in [-0.3, -0.25) is 9.79 Å². The van der Waals surface area contributed by atoms with E-state index < -0.39 is 53.7 Å². The van der Waals surface area contributed by atoms with Crippen LogP contribution in [0.5, 0.6) is 0 Å². The molecule has 0 bridgehead atoms. The zero-order valence-electron chi connectivity index (χ0n) is 25.7. The predicted octanol–water partition coefficient (Wildman–Crippen LogP) is 6.84. The van der Waals surface area contributed by atoms with E-state index in [0.29, 0.717) is 6.61 Å². The zero-order valence-corrected chi connectivity index (χ0v) is 28.2. The van der Waals surface area contributed by atoms with E-state index in [9.17, 15) is 14.7 Å². The van der Waals surface area contributed by atoms with Crippen molar-refractivity contribution in [1.29, 1.82) is 0 Å². The number of aliphatic carboxylic acids is 1. The number of ether oxygens (including phenoxy) is 2. The minimum absolute atomic E-state index is 0.0221. The van der Waals surface area contributed by atoms with Gasteiger partial charge in [0.1, 0.15) is 27.9 Å². The first-order chi connectivity index (χ1) is 20.3. The van der Waals surface area contributed by atoms with Crippen LogP contribution in [0.4, 0.5) is 13.6 Å². The van der Waals surface area contributed by atoms with Crippen molar-refractivity contribution in [3.8, 4) is 0 Å². The fraction of sp³-hybridized carbons (Fsp3) is 0.517. The van der Waals surface area contributed by atoms with Gasteiger partial charge in [-0.05, 0) is 57.9 Å². The van der Waals surface area contributed by atoms with Crippen molar-refractivity contribution in [3.05, 3.63) is 52.6 Å². The smallest absolute Gasteiger partial charge is 0.418 e. The number of carboxylic acids is 1. The van der Waals surface area contributed by atoms with E-state index >= 15 is 8.78 Å². The maximum Gasteiger partial charge on any atom is 0.418 e. The van der Waals surface area contributed by atoms with Crippen molar-refractivity contribution in [2.45, 2.75) is 75.7 Å². The minimum atomic E-state index is -1.48. The summed E-state index contributed by atoms with van der Waals surface area (Å²) in [6, 6.07) is 2.21. The molecule has 3 heterocycles. The van der Waals surface area contributed by atoms with E-state index in [1.165, 1.54) is 12.3 Å². The first-order valence-corrected chi connectivity index (χ1v) is 18.9. The highest BCUT2D eigenvalue weighted by Crippen LogP contribution is 2.66. The van der Waals surface area contributed by atoms with Gasteiger partial charge in [-0.15, -0.1) is 0 Å². The Morgan fingerprint density at radius 1 is 1.23 bits per heavy atom. The number of aliphatic imine (C=N–C) groups is 1. The molecule has 1 amide bonds. The van der Waals surface area contributed by atoms with Crippen molar-refractivity contribution < 1.29 is 33.0 Å². The lowest BCUT2D eigenvalue weighted by molar-refractivity contribution is -0.137. The maximum absolute atomic E-state index is 15.5. The lowest BCUT2D eigenvalue weighted by Crippen LogP contribution is -2.47. The molecule has 15 heteroatoms. The SMILES string of the molecule is CC(C)(C)OC(=O)N(COCC[Si](C)(C)C)C1=NC(C)(c2cc(C=C(F)c3cnc(Cl)cn3)cnc2F)C2CC2(C(=O)O)S1. The summed E-state index contributed by atoms with van der Waals surface area (Å²) < 4.78 is 40.6. The largest absolute Gasteiger partial charge is 0.480 e. The lowest BCUT2D eigenvalue weighted by Gasteiger charge is -2.37. The second-order valence-corrected chi connectivity index (χ2v) is 20.5. The van der Waals surface area contributed by atoms with Crippen molar-refractivity contribution in [2.75, 3.05) is 13.3 Å². The van der Waals surface area contributed by atoms with Crippen molar-refractivity contribution in [2.24, 2.45) is 10.9 Å². The number of halogens is 3. The molecule has 10 nitrogen and oxygen atoms in total. The number of rotatable bonds is 9. The van der Waals surface area contributed by atoms with Crippen molar-refractivity contribution >= 4 is 60.6 Å². The van der Waals surface area contributed by atoms with E-state index in [4.69, 9.17) is 26.1 Å². The van der Waals surface area contributed by atoms with Crippen LogP contribution in [0.2, 0.25) is 30.8 Å². The summed E-state index contributed by atoms with van der Waals surface area (Å²) >= 11 is 6.67. The van der Waals surface area contributed by atoms with Gasteiger partial charge in [-0.2, -0.15) is 4.39 Å². The van der Waals surface area contributed by atoms with Crippen LogP contribution in [0.1, 0.15) is 50.9 Å². The molecule has 3 unspecified atom stereocenters. The van der Waals surface area contributed by atoms with Crippen molar-refractivity contribution in [3.63, 3.8) is 0 Å². The summed E-state index contributed by atoms with van der Waals surface area (Å²) in [5.74, 6) is -3.42. The second-order valence-electron chi connectivity index (χ2n) is 13.2. The number of carbonyl (C=O) groups excluding carboxylic acids is 1. The molecule has 1 aliphatic carbocycles. The van der Waals surface area contributed by atoms with Gasteiger partial charge in [-0.25, -0.2) is 29.0 Å². The Bertz CT molecular complexity index is 1500. The molecule has 2 aliphatic rings. The fourth-order valence-electron chi connectivity index (χ4n) is 4.71. The van der Waals surface area contributed by atoms with Gasteiger partial charge in [0, 0.05) is 32.4 Å². The molecule has 238 valence electrons. The van der Waals surface area contributed by atoms with Crippen molar-refractivity contribution in [1.82, 2.24) is 19.9 Å². The fourth-order valence-corrected chi connectivity index (χ4v) is 7.07. The number of carbonyl (C=O) groups is 2. The summed E-state index contributed by atoms with van der Waals surface area (Å²) in [6.45, 7) is 13.4. The molecule has 0 aromatic carbocycles. The van der Waals surface area contributed by atoms with E-state index in [-0.39, 0.29) is 40.3 Å². The molecule has 4 rings (SSSR count). The Morgan fingerprint density at radius 3 is 2.52 bits per heavy atom. The average Bonchev–Trinajstić information content (AvgIpc) is 3.66. The number of amides is 1. The number of nitrogens with zero attached hydrogens (tertiary/aromatic N) is 5. The number of hydrogen-bond acceptors (Lipinski definition) is 9. The van der Waals surface area contributed by atoms with E-state index in [1.54, 1.807) is 27.7 Å². The van der Waals surface area contributed by atoms with Gasteiger partial charge in [0.2, 0.25) is 5.95 Å². The van der Waals surface area contributed by atoms with Crippen LogP contribution in [0.25, 0.3) is 11.9 Å². The number of hydrogen-bond donors (Lipinski definition) is 1. The summed E-state index contributed by atoms with van der Waals surface area (Å²) in [5, 5.41) is 10.4. The Kier molecular flexibility index (Phi) is 9.60. The van der Waals surface area contributed by atoms with Crippen LogP contribution in [0.3, 0.4) is 0 Å².